The van der Waals surface area contributed by atoms with Gasteiger partial charge in [-0.05, 0) is 72.0 Å². The fourth-order valence-corrected chi connectivity index (χ4v) is 2.14. The molecule has 0 heterocycles. The Morgan fingerprint density at radius 1 is 1.05 bits per heavy atom. The Balaban J connectivity index is 2.14. The van der Waals surface area contributed by atoms with Crippen molar-refractivity contribution >= 4 is 51.6 Å². The lowest BCUT2D eigenvalue weighted by Gasteiger charge is -2.06. The third-order valence-electron chi connectivity index (χ3n) is 2.73. The highest BCUT2D eigenvalue weighted by molar-refractivity contribution is 14.1. The largest absolute Gasteiger partial charge is 0.322 e. The van der Waals surface area contributed by atoms with Crippen LogP contribution in [0.5, 0.6) is 0 Å². The van der Waals surface area contributed by atoms with E-state index < -0.39 is 0 Å². The molecule has 0 atom stereocenters. The second-order valence-electron chi connectivity index (χ2n) is 4.22. The molecule has 2 aromatic rings. The summed E-state index contributed by atoms with van der Waals surface area (Å²) in [6.45, 7) is 1.50. The number of Topliss-reactive ketones (excluding diaryl/α,β-unsaturated/α-hetero) is 1. The summed E-state index contributed by atoms with van der Waals surface area (Å²) in [5.74, 6) is -0.244. The first-order chi connectivity index (χ1) is 9.47. The molecule has 2 rings (SSSR count). The van der Waals surface area contributed by atoms with Crippen LogP contribution in [0.25, 0.3) is 0 Å². The number of halogens is 2. The summed E-state index contributed by atoms with van der Waals surface area (Å²) in [7, 11) is 0. The highest BCUT2D eigenvalue weighted by atomic mass is 127. The number of carbonyl (C=O) groups excluding carboxylic acids is 2. The van der Waals surface area contributed by atoms with Crippen molar-refractivity contribution in [2.24, 2.45) is 0 Å². The molecule has 0 saturated heterocycles. The lowest BCUT2D eigenvalue weighted by molar-refractivity contribution is 0.101. The Kier molecular flexibility index (Phi) is 4.77. The molecular formula is C15H11ClINO2. The number of ketones is 1. The summed E-state index contributed by atoms with van der Waals surface area (Å²) in [6.07, 6.45) is 0. The third kappa shape index (κ3) is 3.58. The highest BCUT2D eigenvalue weighted by Crippen LogP contribution is 2.20. The summed E-state index contributed by atoms with van der Waals surface area (Å²) in [5.41, 5.74) is 1.74. The summed E-state index contributed by atoms with van der Waals surface area (Å²) < 4.78 is 0.895. The molecule has 0 radical (unpaired) electrons. The Labute approximate surface area is 135 Å². The average Bonchev–Trinajstić information content (AvgIpc) is 2.42. The van der Waals surface area contributed by atoms with Crippen LogP contribution in [-0.4, -0.2) is 11.7 Å². The maximum Gasteiger partial charge on any atom is 0.255 e. The van der Waals surface area contributed by atoms with Crippen LogP contribution < -0.4 is 5.32 Å². The second kappa shape index (κ2) is 6.37. The molecule has 0 aliphatic carbocycles. The number of carbonyl (C=O) groups is 2. The van der Waals surface area contributed by atoms with Gasteiger partial charge in [0, 0.05) is 20.4 Å². The molecule has 1 N–H and O–H groups in total. The third-order valence-corrected chi connectivity index (χ3v) is 4.30. The monoisotopic (exact) mass is 399 g/mol. The predicted molar refractivity (Wildman–Crippen MR) is 88.6 cm³/mol. The van der Waals surface area contributed by atoms with Gasteiger partial charge in [0.25, 0.3) is 5.91 Å². The Morgan fingerprint density at radius 2 is 1.65 bits per heavy atom. The van der Waals surface area contributed by atoms with Crippen LogP contribution in [0.3, 0.4) is 0 Å². The molecular weight excluding hydrogens is 389 g/mol. The first-order valence-corrected chi connectivity index (χ1v) is 7.30. The van der Waals surface area contributed by atoms with Gasteiger partial charge < -0.3 is 5.32 Å². The van der Waals surface area contributed by atoms with Gasteiger partial charge in [0.2, 0.25) is 0 Å². The molecule has 20 heavy (non-hydrogen) atoms. The van der Waals surface area contributed by atoms with Gasteiger partial charge in [-0.1, -0.05) is 11.6 Å². The fourth-order valence-electron chi connectivity index (χ4n) is 1.63. The van der Waals surface area contributed by atoms with Gasteiger partial charge in [0.05, 0.1) is 5.02 Å². The average molecular weight is 400 g/mol. The van der Waals surface area contributed by atoms with Crippen LogP contribution >= 0.6 is 34.2 Å². The summed E-state index contributed by atoms with van der Waals surface area (Å²) in [4.78, 5) is 23.2. The molecule has 5 heteroatoms. The predicted octanol–water partition coefficient (Wildman–Crippen LogP) is 4.40. The lowest BCUT2D eigenvalue weighted by atomic mass is 10.1. The smallest absolute Gasteiger partial charge is 0.255 e. The molecule has 0 aliphatic heterocycles. The number of rotatable bonds is 3. The van der Waals surface area contributed by atoms with Gasteiger partial charge in [-0.3, -0.25) is 9.59 Å². The quantitative estimate of drug-likeness (QED) is 0.614. The molecule has 1 amide bonds. The number of anilines is 1. The van der Waals surface area contributed by atoms with Crippen molar-refractivity contribution in [1.82, 2.24) is 0 Å². The van der Waals surface area contributed by atoms with E-state index in [1.807, 2.05) is 0 Å². The van der Waals surface area contributed by atoms with Gasteiger partial charge in [-0.2, -0.15) is 0 Å². The van der Waals surface area contributed by atoms with Crippen molar-refractivity contribution in [3.05, 3.63) is 62.2 Å². The van der Waals surface area contributed by atoms with Crippen molar-refractivity contribution < 1.29 is 9.59 Å². The lowest BCUT2D eigenvalue weighted by Crippen LogP contribution is -2.12. The van der Waals surface area contributed by atoms with E-state index in [1.165, 1.54) is 6.92 Å². The molecule has 0 aliphatic rings. The minimum absolute atomic E-state index is 0.00714. The van der Waals surface area contributed by atoms with Crippen LogP contribution in [0, 0.1) is 3.57 Å². The topological polar surface area (TPSA) is 46.2 Å². The minimum atomic E-state index is -0.237. The van der Waals surface area contributed by atoms with Crippen LogP contribution in [0.4, 0.5) is 5.69 Å². The Bertz CT molecular complexity index is 668. The zero-order valence-corrected chi connectivity index (χ0v) is 13.5. The number of hydrogen-bond acceptors (Lipinski definition) is 2. The molecule has 0 spiro atoms. The van der Waals surface area contributed by atoms with E-state index in [4.69, 9.17) is 11.6 Å². The van der Waals surface area contributed by atoms with Crippen molar-refractivity contribution in [2.45, 2.75) is 6.92 Å². The van der Waals surface area contributed by atoms with Crippen molar-refractivity contribution in [3.63, 3.8) is 0 Å². The van der Waals surface area contributed by atoms with Gasteiger partial charge in [0.1, 0.15) is 0 Å². The first-order valence-electron chi connectivity index (χ1n) is 5.85. The Morgan fingerprint density at radius 3 is 2.20 bits per heavy atom. The van der Waals surface area contributed by atoms with Gasteiger partial charge >= 0.3 is 0 Å². The summed E-state index contributed by atoms with van der Waals surface area (Å²) in [5, 5.41) is 3.31. The molecule has 0 fully saturated rings. The number of hydrogen-bond donors (Lipinski definition) is 1. The number of benzene rings is 2. The molecule has 102 valence electrons. The number of amides is 1. The normalized spacial score (nSPS) is 10.2. The molecule has 0 aromatic heterocycles. The van der Waals surface area contributed by atoms with Crippen molar-refractivity contribution in [2.75, 3.05) is 5.32 Å². The molecule has 0 bridgehead atoms. The van der Waals surface area contributed by atoms with Crippen LogP contribution in [0.15, 0.2) is 42.5 Å². The fraction of sp³-hybridized carbons (Fsp3) is 0.0667. The second-order valence-corrected chi connectivity index (χ2v) is 5.79. The standard InChI is InChI=1S/C15H11ClINO2/c1-9(19)10-2-5-12(6-3-10)18-15(20)11-4-7-14(17)13(16)8-11/h2-8H,1H3,(H,18,20). The molecule has 3 nitrogen and oxygen atoms in total. The maximum atomic E-state index is 12.1. The molecule has 0 saturated carbocycles. The van der Waals surface area contributed by atoms with Crippen LogP contribution in [-0.2, 0) is 0 Å². The van der Waals surface area contributed by atoms with E-state index in [1.54, 1.807) is 42.5 Å². The van der Waals surface area contributed by atoms with Gasteiger partial charge in [-0.15, -0.1) is 0 Å². The van der Waals surface area contributed by atoms with Gasteiger partial charge in [-0.25, -0.2) is 0 Å². The van der Waals surface area contributed by atoms with Crippen LogP contribution in [0.2, 0.25) is 5.02 Å². The van der Waals surface area contributed by atoms with E-state index in [2.05, 4.69) is 27.9 Å². The molecule has 2 aromatic carbocycles. The van der Waals surface area contributed by atoms with Crippen molar-refractivity contribution in [3.8, 4) is 0 Å². The first kappa shape index (κ1) is 15.0. The Hall–Kier alpha value is -1.40. The summed E-state index contributed by atoms with van der Waals surface area (Å²) in [6, 6.07) is 11.9. The SMILES string of the molecule is CC(=O)c1ccc(NC(=O)c2ccc(I)c(Cl)c2)cc1. The highest BCUT2D eigenvalue weighted by Gasteiger charge is 2.08. The van der Waals surface area contributed by atoms with Crippen molar-refractivity contribution in [1.29, 1.82) is 0 Å². The maximum absolute atomic E-state index is 12.1. The zero-order chi connectivity index (χ0) is 14.7. The van der Waals surface area contributed by atoms with Crippen LogP contribution in [0.1, 0.15) is 27.6 Å². The van der Waals surface area contributed by atoms with E-state index in [-0.39, 0.29) is 11.7 Å². The minimum Gasteiger partial charge on any atom is -0.322 e. The van der Waals surface area contributed by atoms with E-state index >= 15 is 0 Å². The van der Waals surface area contributed by atoms with E-state index in [0.717, 1.165) is 3.57 Å². The van der Waals surface area contributed by atoms with Gasteiger partial charge in [0.15, 0.2) is 5.78 Å². The summed E-state index contributed by atoms with van der Waals surface area (Å²) >= 11 is 8.09. The zero-order valence-electron chi connectivity index (χ0n) is 10.6. The molecule has 0 unspecified atom stereocenters. The van der Waals surface area contributed by atoms with E-state index in [0.29, 0.717) is 21.8 Å². The number of nitrogens with one attached hydrogen (secondary N) is 1. The van der Waals surface area contributed by atoms with E-state index in [9.17, 15) is 9.59 Å².